The van der Waals surface area contributed by atoms with Gasteiger partial charge in [0, 0.05) is 40.8 Å². The highest BCUT2D eigenvalue weighted by Gasteiger charge is 2.13. The number of nitriles is 1. The number of amides is 2. The molecule has 10 heteroatoms. The second-order valence-electron chi connectivity index (χ2n) is 8.39. The molecule has 8 nitrogen and oxygen atoms in total. The van der Waals surface area contributed by atoms with Gasteiger partial charge in [-0.15, -0.1) is 0 Å². The van der Waals surface area contributed by atoms with Crippen molar-refractivity contribution in [3.8, 4) is 17.3 Å². The van der Waals surface area contributed by atoms with E-state index in [2.05, 4.69) is 27.1 Å². The molecule has 5 aromatic rings. The Morgan fingerprint density at radius 3 is 2.57 bits per heavy atom. The lowest BCUT2D eigenvalue weighted by Gasteiger charge is -2.13. The predicted octanol–water partition coefficient (Wildman–Crippen LogP) is 4.44. The van der Waals surface area contributed by atoms with E-state index < -0.39 is 0 Å². The molecule has 0 radical (unpaired) electrons. The van der Waals surface area contributed by atoms with Gasteiger partial charge in [-0.05, 0) is 53.5 Å². The average molecular weight is 506 g/mol. The quantitative estimate of drug-likeness (QED) is 0.296. The van der Waals surface area contributed by atoms with Crippen molar-refractivity contribution in [2.45, 2.75) is 6.54 Å². The van der Waals surface area contributed by atoms with Crippen molar-refractivity contribution in [1.82, 2.24) is 14.6 Å². The Balaban J connectivity index is 1.32. The third kappa shape index (κ3) is 5.40. The first-order chi connectivity index (χ1) is 18.0. The standard InChI is InChI=1S/C27H21BClN7O/c28-22-16-32-36-25(13-24(35-26(22)36)21-6-1-2-7-23(21)29)31-15-18-4-3-5-20(12-18)34-27(37)33-19-10-8-17(14-30)9-11-19/h1-13,16,31H,15,28H2,(H2,33,34,37). The molecule has 5 rings (SSSR count). The van der Waals surface area contributed by atoms with Crippen LogP contribution in [0.15, 0.2) is 85.1 Å². The van der Waals surface area contributed by atoms with E-state index in [0.717, 1.165) is 33.7 Å². The van der Waals surface area contributed by atoms with Gasteiger partial charge in [0.05, 0.1) is 17.3 Å². The number of aromatic nitrogens is 3. The molecule has 0 atom stereocenters. The van der Waals surface area contributed by atoms with Gasteiger partial charge in [0.25, 0.3) is 0 Å². The molecule has 2 amide bonds. The maximum atomic E-state index is 12.4. The highest BCUT2D eigenvalue weighted by molar-refractivity contribution is 6.36. The van der Waals surface area contributed by atoms with Crippen LogP contribution in [-0.4, -0.2) is 28.5 Å². The molecule has 0 aliphatic rings. The van der Waals surface area contributed by atoms with Crippen LogP contribution in [0.25, 0.3) is 16.9 Å². The summed E-state index contributed by atoms with van der Waals surface area (Å²) in [5, 5.41) is 23.1. The van der Waals surface area contributed by atoms with Crippen molar-refractivity contribution in [2.75, 3.05) is 16.0 Å². The van der Waals surface area contributed by atoms with E-state index in [9.17, 15) is 4.79 Å². The van der Waals surface area contributed by atoms with Crippen molar-refractivity contribution in [1.29, 1.82) is 5.26 Å². The number of fused-ring (bicyclic) bond motifs is 1. The third-order valence-corrected chi connectivity index (χ3v) is 6.06. The summed E-state index contributed by atoms with van der Waals surface area (Å²) >= 11 is 6.44. The predicted molar refractivity (Wildman–Crippen MR) is 149 cm³/mol. The zero-order valence-corrected chi connectivity index (χ0v) is 20.6. The number of carbonyl (C=O) groups excluding carboxylic acids is 1. The normalized spacial score (nSPS) is 10.6. The Morgan fingerprint density at radius 2 is 1.78 bits per heavy atom. The maximum absolute atomic E-state index is 12.4. The first-order valence-corrected chi connectivity index (χ1v) is 11.9. The molecule has 0 saturated heterocycles. The van der Waals surface area contributed by atoms with Crippen LogP contribution in [0.3, 0.4) is 0 Å². The number of nitrogens with one attached hydrogen (secondary N) is 3. The number of rotatable bonds is 6. The van der Waals surface area contributed by atoms with Crippen LogP contribution in [0.2, 0.25) is 5.02 Å². The summed E-state index contributed by atoms with van der Waals surface area (Å²) in [7, 11) is 1.97. The van der Waals surface area contributed by atoms with Crippen LogP contribution in [-0.2, 0) is 6.54 Å². The van der Waals surface area contributed by atoms with E-state index in [4.69, 9.17) is 21.8 Å². The second kappa shape index (κ2) is 10.4. The van der Waals surface area contributed by atoms with Gasteiger partial charge < -0.3 is 16.0 Å². The van der Waals surface area contributed by atoms with Gasteiger partial charge >= 0.3 is 6.03 Å². The van der Waals surface area contributed by atoms with Crippen molar-refractivity contribution < 1.29 is 4.79 Å². The number of halogens is 1. The SMILES string of the molecule is Bc1cnn2c(NCc3cccc(NC(=O)Nc4ccc(C#N)cc4)c3)cc(-c3ccccc3Cl)nc12. The Labute approximate surface area is 219 Å². The minimum absolute atomic E-state index is 0.373. The first-order valence-electron chi connectivity index (χ1n) is 11.5. The highest BCUT2D eigenvalue weighted by atomic mass is 35.5. The third-order valence-electron chi connectivity index (χ3n) is 5.73. The van der Waals surface area contributed by atoms with E-state index in [1.807, 2.05) is 62.4 Å². The zero-order chi connectivity index (χ0) is 25.8. The molecule has 0 unspecified atom stereocenters. The van der Waals surface area contributed by atoms with E-state index in [-0.39, 0.29) is 6.03 Å². The second-order valence-corrected chi connectivity index (χ2v) is 8.80. The topological polar surface area (TPSA) is 107 Å². The van der Waals surface area contributed by atoms with Gasteiger partial charge in [-0.3, -0.25) is 0 Å². The Kier molecular flexibility index (Phi) is 6.75. The van der Waals surface area contributed by atoms with E-state index >= 15 is 0 Å². The summed E-state index contributed by atoms with van der Waals surface area (Å²) in [5.74, 6) is 0.768. The van der Waals surface area contributed by atoms with Crippen molar-refractivity contribution in [3.63, 3.8) is 0 Å². The van der Waals surface area contributed by atoms with E-state index in [0.29, 0.717) is 28.5 Å². The molecular weight excluding hydrogens is 485 g/mol. The molecule has 3 N–H and O–H groups in total. The summed E-state index contributed by atoms with van der Waals surface area (Å²) in [5.41, 5.74) is 6.03. The summed E-state index contributed by atoms with van der Waals surface area (Å²) < 4.78 is 1.77. The molecule has 37 heavy (non-hydrogen) atoms. The van der Waals surface area contributed by atoms with Gasteiger partial charge in [-0.2, -0.15) is 14.9 Å². The molecule has 2 heterocycles. The van der Waals surface area contributed by atoms with Gasteiger partial charge in [-0.1, -0.05) is 41.9 Å². The van der Waals surface area contributed by atoms with Gasteiger partial charge in [0.1, 0.15) is 13.7 Å². The number of hydrogen-bond donors (Lipinski definition) is 3. The largest absolute Gasteiger partial charge is 0.366 e. The highest BCUT2D eigenvalue weighted by Crippen LogP contribution is 2.28. The Bertz CT molecular complexity index is 1640. The molecule has 180 valence electrons. The molecule has 3 aromatic carbocycles. The van der Waals surface area contributed by atoms with Crippen molar-refractivity contribution in [2.24, 2.45) is 0 Å². The van der Waals surface area contributed by atoms with Crippen LogP contribution in [0.5, 0.6) is 0 Å². The number of carbonyl (C=O) groups is 1. The Morgan fingerprint density at radius 1 is 1.00 bits per heavy atom. The average Bonchev–Trinajstić information content (AvgIpc) is 3.29. The number of nitrogens with zero attached hydrogens (tertiary/aromatic N) is 4. The summed E-state index contributed by atoms with van der Waals surface area (Å²) in [6.07, 6.45) is 1.78. The summed E-state index contributed by atoms with van der Waals surface area (Å²) in [6.45, 7) is 0.493. The zero-order valence-electron chi connectivity index (χ0n) is 19.9. The van der Waals surface area contributed by atoms with Crippen LogP contribution >= 0.6 is 11.6 Å². The monoisotopic (exact) mass is 505 g/mol. The summed E-state index contributed by atoms with van der Waals surface area (Å²) in [4.78, 5) is 17.2. The van der Waals surface area contributed by atoms with Gasteiger partial charge in [0.15, 0.2) is 5.65 Å². The molecule has 0 aliphatic carbocycles. The molecule has 0 aliphatic heterocycles. The van der Waals surface area contributed by atoms with Crippen molar-refractivity contribution >= 4 is 53.8 Å². The maximum Gasteiger partial charge on any atom is 0.323 e. The molecule has 0 saturated carbocycles. The lowest BCUT2D eigenvalue weighted by Crippen LogP contribution is -2.19. The van der Waals surface area contributed by atoms with Crippen LogP contribution in [0.1, 0.15) is 11.1 Å². The van der Waals surface area contributed by atoms with Gasteiger partial charge in [-0.25, -0.2) is 9.78 Å². The fourth-order valence-corrected chi connectivity index (χ4v) is 4.11. The van der Waals surface area contributed by atoms with E-state index in [1.165, 1.54) is 0 Å². The number of hydrogen-bond acceptors (Lipinski definition) is 5. The fourth-order valence-electron chi connectivity index (χ4n) is 3.88. The first kappa shape index (κ1) is 23.9. The number of urea groups is 1. The lowest BCUT2D eigenvalue weighted by molar-refractivity contribution is 0.262. The molecule has 2 aromatic heterocycles. The lowest BCUT2D eigenvalue weighted by atomic mass is 10.0. The van der Waals surface area contributed by atoms with E-state index in [1.54, 1.807) is 35.0 Å². The van der Waals surface area contributed by atoms with Crippen molar-refractivity contribution in [3.05, 3.63) is 101 Å². The van der Waals surface area contributed by atoms with Crippen LogP contribution < -0.4 is 21.4 Å². The molecule has 0 bridgehead atoms. The molecular formula is C27H21BClN7O. The molecule has 0 fully saturated rings. The van der Waals surface area contributed by atoms with Crippen LogP contribution in [0, 0.1) is 11.3 Å². The molecule has 0 spiro atoms. The minimum Gasteiger partial charge on any atom is -0.366 e. The smallest absolute Gasteiger partial charge is 0.323 e. The number of benzene rings is 3. The minimum atomic E-state index is -0.373. The Hall–Kier alpha value is -4.81. The fraction of sp³-hybridized carbons (Fsp3) is 0.0370. The van der Waals surface area contributed by atoms with Gasteiger partial charge in [0.2, 0.25) is 0 Å². The number of anilines is 3. The summed E-state index contributed by atoms with van der Waals surface area (Å²) in [6, 6.07) is 25.4. The van der Waals surface area contributed by atoms with Crippen LogP contribution in [0.4, 0.5) is 22.0 Å².